The van der Waals surface area contributed by atoms with E-state index in [1.807, 2.05) is 24.3 Å². The molecule has 0 spiro atoms. The van der Waals surface area contributed by atoms with Crippen molar-refractivity contribution >= 4 is 11.3 Å². The summed E-state index contributed by atoms with van der Waals surface area (Å²) in [5, 5.41) is 0. The smallest absolute Gasteiger partial charge is 0.0320 e. The van der Waals surface area contributed by atoms with Crippen LogP contribution in [0, 0.1) is 6.92 Å². The third kappa shape index (κ3) is 4.83. The van der Waals surface area contributed by atoms with Crippen LogP contribution in [0.5, 0.6) is 0 Å². The van der Waals surface area contributed by atoms with Crippen molar-refractivity contribution in [2.45, 2.75) is 34.1 Å². The quantitative estimate of drug-likeness (QED) is 0.569. The minimum absolute atomic E-state index is 0.803. The molecule has 1 nitrogen and oxygen atoms in total. The summed E-state index contributed by atoms with van der Waals surface area (Å²) in [7, 11) is 0. The number of hydrogen-bond donors (Lipinski definition) is 1. The molecule has 0 amide bonds. The number of benzene rings is 1. The van der Waals surface area contributed by atoms with Gasteiger partial charge in [0.2, 0.25) is 0 Å². The largest absolute Gasteiger partial charge is 0.399 e. The van der Waals surface area contributed by atoms with Crippen LogP contribution in [0.15, 0.2) is 36.9 Å². The van der Waals surface area contributed by atoms with Gasteiger partial charge in [-0.05, 0) is 42.7 Å². The van der Waals surface area contributed by atoms with E-state index in [-0.39, 0.29) is 0 Å². The molecule has 16 heavy (non-hydrogen) atoms. The van der Waals surface area contributed by atoms with Gasteiger partial charge in [-0.15, -0.1) is 0 Å². The first-order valence-corrected chi connectivity index (χ1v) is 5.72. The number of nitrogen functional groups attached to an aromatic ring is 1. The average Bonchev–Trinajstić information content (AvgIpc) is 2.23. The summed E-state index contributed by atoms with van der Waals surface area (Å²) in [5.41, 5.74) is 10.1. The number of rotatable bonds is 2. The van der Waals surface area contributed by atoms with Gasteiger partial charge >= 0.3 is 0 Å². The zero-order valence-electron chi connectivity index (χ0n) is 10.9. The van der Waals surface area contributed by atoms with Crippen LogP contribution < -0.4 is 5.73 Å². The molecule has 1 aromatic rings. The van der Waals surface area contributed by atoms with E-state index in [4.69, 9.17) is 5.73 Å². The van der Waals surface area contributed by atoms with E-state index >= 15 is 0 Å². The highest BCUT2D eigenvalue weighted by Gasteiger charge is 1.99. The number of nitrogens with two attached hydrogens (primary N) is 1. The maximum Gasteiger partial charge on any atom is 0.0320 e. The standard InChI is InChI=1S/C12H15N.C3H8/c1-4-5-9(2)12-8-11(13)7-6-10(12)3;1-3-2/h4-8H,1,13H2,2-3H3;3H2,1-2H3/b9-5+;. The Balaban J connectivity index is 0.000000673. The van der Waals surface area contributed by atoms with Gasteiger partial charge in [0.1, 0.15) is 0 Å². The minimum atomic E-state index is 0.803. The van der Waals surface area contributed by atoms with Crippen LogP contribution in [0.25, 0.3) is 5.57 Å². The van der Waals surface area contributed by atoms with Gasteiger partial charge in [0.15, 0.2) is 0 Å². The van der Waals surface area contributed by atoms with Gasteiger partial charge < -0.3 is 5.73 Å². The molecular formula is C15H23N. The zero-order valence-corrected chi connectivity index (χ0v) is 10.9. The molecule has 0 aliphatic rings. The molecule has 0 unspecified atom stereocenters. The van der Waals surface area contributed by atoms with Gasteiger partial charge in [-0.3, -0.25) is 0 Å². The molecule has 2 N–H and O–H groups in total. The maximum atomic E-state index is 5.71. The Morgan fingerprint density at radius 2 is 1.94 bits per heavy atom. The summed E-state index contributed by atoms with van der Waals surface area (Å²) in [6, 6.07) is 5.94. The highest BCUT2D eigenvalue weighted by molar-refractivity contribution is 5.70. The lowest BCUT2D eigenvalue weighted by Crippen LogP contribution is -1.90. The van der Waals surface area contributed by atoms with Crippen LogP contribution in [-0.2, 0) is 0 Å². The fourth-order valence-electron chi connectivity index (χ4n) is 1.33. The third-order valence-corrected chi connectivity index (χ3v) is 2.05. The Labute approximate surface area is 99.7 Å². The molecular weight excluding hydrogens is 194 g/mol. The van der Waals surface area contributed by atoms with E-state index < -0.39 is 0 Å². The normalized spacial score (nSPS) is 10.4. The zero-order chi connectivity index (χ0) is 12.6. The fourth-order valence-corrected chi connectivity index (χ4v) is 1.33. The van der Waals surface area contributed by atoms with Gasteiger partial charge in [0.25, 0.3) is 0 Å². The van der Waals surface area contributed by atoms with Crippen LogP contribution in [0.3, 0.4) is 0 Å². The summed E-state index contributed by atoms with van der Waals surface area (Å²) < 4.78 is 0. The average molecular weight is 217 g/mol. The van der Waals surface area contributed by atoms with Gasteiger partial charge in [-0.1, -0.05) is 45.1 Å². The second-order valence-electron chi connectivity index (χ2n) is 3.87. The number of anilines is 1. The van der Waals surface area contributed by atoms with Crippen molar-refractivity contribution in [1.82, 2.24) is 0 Å². The fraction of sp³-hybridized carbons (Fsp3) is 0.333. The highest BCUT2D eigenvalue weighted by atomic mass is 14.5. The Bertz CT molecular complexity index is 362. The van der Waals surface area contributed by atoms with Crippen molar-refractivity contribution in [2.75, 3.05) is 5.73 Å². The topological polar surface area (TPSA) is 26.0 Å². The Hall–Kier alpha value is -1.50. The molecule has 0 radical (unpaired) electrons. The van der Waals surface area contributed by atoms with E-state index in [0.717, 1.165) is 5.69 Å². The molecule has 0 aromatic heterocycles. The molecule has 0 bridgehead atoms. The van der Waals surface area contributed by atoms with Gasteiger partial charge in [0, 0.05) is 5.69 Å². The third-order valence-electron chi connectivity index (χ3n) is 2.05. The molecule has 88 valence electrons. The van der Waals surface area contributed by atoms with E-state index in [2.05, 4.69) is 34.3 Å². The van der Waals surface area contributed by atoms with Crippen LogP contribution in [0.2, 0.25) is 0 Å². The molecule has 0 saturated carbocycles. The van der Waals surface area contributed by atoms with Crippen molar-refractivity contribution in [3.8, 4) is 0 Å². The lowest BCUT2D eigenvalue weighted by molar-refractivity contribution is 1.09. The molecule has 0 fully saturated rings. The Morgan fingerprint density at radius 1 is 1.38 bits per heavy atom. The van der Waals surface area contributed by atoms with Crippen molar-refractivity contribution in [3.63, 3.8) is 0 Å². The van der Waals surface area contributed by atoms with E-state index in [1.165, 1.54) is 23.1 Å². The predicted molar refractivity (Wildman–Crippen MR) is 75.4 cm³/mol. The van der Waals surface area contributed by atoms with Gasteiger partial charge in [-0.2, -0.15) is 0 Å². The first-order chi connectivity index (χ1) is 7.56. The monoisotopic (exact) mass is 217 g/mol. The first kappa shape index (κ1) is 14.5. The van der Waals surface area contributed by atoms with Crippen LogP contribution in [-0.4, -0.2) is 0 Å². The molecule has 0 saturated heterocycles. The van der Waals surface area contributed by atoms with Gasteiger partial charge in [-0.25, -0.2) is 0 Å². The summed E-state index contributed by atoms with van der Waals surface area (Å²) in [5.74, 6) is 0. The molecule has 0 aliphatic carbocycles. The van der Waals surface area contributed by atoms with Gasteiger partial charge in [0.05, 0.1) is 0 Å². The SMILES string of the molecule is C=C/C=C(\C)c1cc(N)ccc1C.CCC. The molecule has 0 heterocycles. The van der Waals surface area contributed by atoms with E-state index in [9.17, 15) is 0 Å². The van der Waals surface area contributed by atoms with Crippen LogP contribution in [0.4, 0.5) is 5.69 Å². The van der Waals surface area contributed by atoms with Crippen molar-refractivity contribution in [2.24, 2.45) is 0 Å². The number of aryl methyl sites for hydroxylation is 1. The summed E-state index contributed by atoms with van der Waals surface area (Å²) in [4.78, 5) is 0. The molecule has 1 rings (SSSR count). The van der Waals surface area contributed by atoms with Crippen LogP contribution in [0.1, 0.15) is 38.3 Å². The second kappa shape index (κ2) is 7.75. The minimum Gasteiger partial charge on any atom is -0.399 e. The second-order valence-corrected chi connectivity index (χ2v) is 3.87. The predicted octanol–water partition coefficient (Wildman–Crippen LogP) is 4.58. The molecule has 1 heteroatoms. The lowest BCUT2D eigenvalue weighted by Gasteiger charge is -2.06. The lowest BCUT2D eigenvalue weighted by atomic mass is 10.0. The molecule has 1 aromatic carbocycles. The summed E-state index contributed by atoms with van der Waals surface area (Å²) in [6.07, 6.45) is 5.03. The van der Waals surface area contributed by atoms with E-state index in [0.29, 0.717) is 0 Å². The molecule has 0 atom stereocenters. The van der Waals surface area contributed by atoms with Crippen molar-refractivity contribution < 1.29 is 0 Å². The van der Waals surface area contributed by atoms with Crippen molar-refractivity contribution in [1.29, 1.82) is 0 Å². The first-order valence-electron chi connectivity index (χ1n) is 5.72. The van der Waals surface area contributed by atoms with Crippen LogP contribution >= 0.6 is 0 Å². The molecule has 0 aliphatic heterocycles. The van der Waals surface area contributed by atoms with Crippen molar-refractivity contribution in [3.05, 3.63) is 48.1 Å². The number of allylic oxidation sites excluding steroid dienone is 3. The highest BCUT2D eigenvalue weighted by Crippen LogP contribution is 2.20. The summed E-state index contributed by atoms with van der Waals surface area (Å²) >= 11 is 0. The summed E-state index contributed by atoms with van der Waals surface area (Å²) in [6.45, 7) is 12.1. The Kier molecular flexibility index (Phi) is 7.02. The number of hydrogen-bond acceptors (Lipinski definition) is 1. The van der Waals surface area contributed by atoms with E-state index in [1.54, 1.807) is 6.08 Å². The maximum absolute atomic E-state index is 5.71. The Morgan fingerprint density at radius 3 is 2.44 bits per heavy atom.